The first kappa shape index (κ1) is 19.8. The molecule has 0 atom stereocenters. The predicted octanol–water partition coefficient (Wildman–Crippen LogP) is 5.09. The highest BCUT2D eigenvalue weighted by Gasteiger charge is 2.23. The summed E-state index contributed by atoms with van der Waals surface area (Å²) in [6.07, 6.45) is 3.11. The van der Waals surface area contributed by atoms with Crippen molar-refractivity contribution < 1.29 is 13.9 Å². The molecule has 1 aliphatic carbocycles. The molecule has 1 aliphatic rings. The van der Waals surface area contributed by atoms with E-state index >= 15 is 0 Å². The Morgan fingerprint density at radius 2 is 1.72 bits per heavy atom. The number of aromatic nitrogens is 1. The zero-order valence-corrected chi connectivity index (χ0v) is 17.1. The number of hydrogen-bond donors (Lipinski definition) is 2. The van der Waals surface area contributed by atoms with Crippen LogP contribution in [-0.4, -0.2) is 30.3 Å². The number of ether oxygens (including phenoxy) is 2. The van der Waals surface area contributed by atoms with E-state index in [1.165, 1.54) is 12.8 Å². The number of aromatic amines is 1. The van der Waals surface area contributed by atoms with E-state index < -0.39 is 0 Å². The summed E-state index contributed by atoms with van der Waals surface area (Å²) in [4.78, 5) is 2.84. The molecule has 154 valence electrons. The zero-order valence-electron chi connectivity index (χ0n) is 17.1. The lowest BCUT2D eigenvalue weighted by atomic mass is 9.94. The first-order valence-electron chi connectivity index (χ1n) is 10.4. The molecule has 3 aromatic rings. The van der Waals surface area contributed by atoms with Gasteiger partial charge in [0.05, 0.1) is 6.61 Å². The maximum atomic E-state index is 14.4. The Hall–Kier alpha value is -2.53. The number of H-pyrrole nitrogens is 1. The second-order valence-electron chi connectivity index (χ2n) is 8.50. The molecule has 0 bridgehead atoms. The Kier molecular flexibility index (Phi) is 5.76. The van der Waals surface area contributed by atoms with Crippen molar-refractivity contribution >= 4 is 10.9 Å². The molecule has 1 aromatic heterocycles. The van der Waals surface area contributed by atoms with E-state index in [9.17, 15) is 4.39 Å². The van der Waals surface area contributed by atoms with Crippen molar-refractivity contribution in [3.63, 3.8) is 0 Å². The maximum absolute atomic E-state index is 14.4. The van der Waals surface area contributed by atoms with Gasteiger partial charge in [-0.3, -0.25) is 0 Å². The fraction of sp³-hybridized carbons (Fsp3) is 0.417. The van der Waals surface area contributed by atoms with Crippen LogP contribution < -0.4 is 14.8 Å². The van der Waals surface area contributed by atoms with E-state index in [0.717, 1.165) is 34.6 Å². The first-order chi connectivity index (χ1) is 14.0. The van der Waals surface area contributed by atoms with E-state index in [1.54, 1.807) is 0 Å². The van der Waals surface area contributed by atoms with Gasteiger partial charge < -0.3 is 19.8 Å². The summed E-state index contributed by atoms with van der Waals surface area (Å²) in [5.41, 5.74) is 1.29. The summed E-state index contributed by atoms with van der Waals surface area (Å²) in [6.45, 7) is 6.11. The molecule has 1 heterocycles. The second kappa shape index (κ2) is 8.46. The van der Waals surface area contributed by atoms with Crippen LogP contribution in [0.25, 0.3) is 10.9 Å². The molecule has 1 saturated carbocycles. The van der Waals surface area contributed by atoms with Crippen molar-refractivity contribution in [2.24, 2.45) is 5.92 Å². The topological polar surface area (TPSA) is 46.3 Å². The summed E-state index contributed by atoms with van der Waals surface area (Å²) in [6, 6.07) is 15.5. The van der Waals surface area contributed by atoms with Crippen LogP contribution in [0.3, 0.4) is 0 Å². The standard InChI is InChI=1S/C24H29FN2O2/c1-24(2,15-19-18-7-3-4-8-20(18)27-23(19)25)26-13-14-28-21-9-5-6-10-22(21)29-16-17-11-12-17/h3-10,17,26-27H,11-16H2,1-2H3. The third kappa shape index (κ3) is 5.10. The van der Waals surface area contributed by atoms with Crippen molar-refractivity contribution in [2.45, 2.75) is 38.6 Å². The van der Waals surface area contributed by atoms with Gasteiger partial charge in [-0.15, -0.1) is 0 Å². The molecule has 0 unspecified atom stereocenters. The molecule has 0 spiro atoms. The second-order valence-corrected chi connectivity index (χ2v) is 8.50. The summed E-state index contributed by atoms with van der Waals surface area (Å²) in [7, 11) is 0. The Morgan fingerprint density at radius 3 is 2.48 bits per heavy atom. The zero-order chi connectivity index (χ0) is 20.3. The molecule has 2 aromatic carbocycles. The first-order valence-corrected chi connectivity index (χ1v) is 10.4. The average molecular weight is 397 g/mol. The van der Waals surface area contributed by atoms with Crippen LogP contribution in [0.15, 0.2) is 48.5 Å². The van der Waals surface area contributed by atoms with Gasteiger partial charge in [0.1, 0.15) is 6.61 Å². The quantitative estimate of drug-likeness (QED) is 0.470. The van der Waals surface area contributed by atoms with Crippen LogP contribution in [0.5, 0.6) is 11.5 Å². The van der Waals surface area contributed by atoms with Gasteiger partial charge in [-0.2, -0.15) is 4.39 Å². The number of benzene rings is 2. The van der Waals surface area contributed by atoms with Crippen molar-refractivity contribution in [2.75, 3.05) is 19.8 Å². The number of fused-ring (bicyclic) bond motifs is 1. The van der Waals surface area contributed by atoms with Crippen molar-refractivity contribution in [1.82, 2.24) is 10.3 Å². The molecular formula is C24H29FN2O2. The third-order valence-electron chi connectivity index (χ3n) is 5.36. The molecular weight excluding hydrogens is 367 g/mol. The third-order valence-corrected chi connectivity index (χ3v) is 5.36. The van der Waals surface area contributed by atoms with Gasteiger partial charge in [0.15, 0.2) is 17.4 Å². The fourth-order valence-electron chi connectivity index (χ4n) is 3.58. The number of hydrogen-bond acceptors (Lipinski definition) is 3. The molecule has 2 N–H and O–H groups in total. The van der Waals surface area contributed by atoms with E-state index in [-0.39, 0.29) is 11.5 Å². The van der Waals surface area contributed by atoms with Crippen LogP contribution >= 0.6 is 0 Å². The normalized spacial score (nSPS) is 14.3. The van der Waals surface area contributed by atoms with Gasteiger partial charge in [-0.05, 0) is 57.2 Å². The highest BCUT2D eigenvalue weighted by Crippen LogP contribution is 2.32. The van der Waals surface area contributed by atoms with E-state index in [1.807, 2.05) is 48.5 Å². The molecule has 4 rings (SSSR count). The minimum absolute atomic E-state index is 0.251. The molecule has 5 heteroatoms. The van der Waals surface area contributed by atoms with Crippen LogP contribution in [0.4, 0.5) is 4.39 Å². The largest absolute Gasteiger partial charge is 0.489 e. The van der Waals surface area contributed by atoms with Gasteiger partial charge in [0.2, 0.25) is 0 Å². The Bertz CT molecular complexity index is 962. The van der Waals surface area contributed by atoms with Gasteiger partial charge >= 0.3 is 0 Å². The number of para-hydroxylation sites is 3. The lowest BCUT2D eigenvalue weighted by molar-refractivity contribution is 0.249. The van der Waals surface area contributed by atoms with Crippen LogP contribution in [-0.2, 0) is 6.42 Å². The lowest BCUT2D eigenvalue weighted by Gasteiger charge is -2.26. The summed E-state index contributed by atoms with van der Waals surface area (Å²) >= 11 is 0. The highest BCUT2D eigenvalue weighted by atomic mass is 19.1. The number of nitrogens with one attached hydrogen (secondary N) is 2. The smallest absolute Gasteiger partial charge is 0.195 e. The lowest BCUT2D eigenvalue weighted by Crippen LogP contribution is -2.43. The molecule has 0 radical (unpaired) electrons. The average Bonchev–Trinajstić information content (AvgIpc) is 3.49. The van der Waals surface area contributed by atoms with Crippen LogP contribution in [0.1, 0.15) is 32.3 Å². The minimum atomic E-state index is -0.267. The number of rotatable bonds is 10. The molecule has 0 amide bonds. The van der Waals surface area contributed by atoms with Gasteiger partial charge in [0, 0.05) is 28.6 Å². The van der Waals surface area contributed by atoms with Gasteiger partial charge in [0.25, 0.3) is 0 Å². The van der Waals surface area contributed by atoms with Gasteiger partial charge in [-0.1, -0.05) is 30.3 Å². The summed E-state index contributed by atoms with van der Waals surface area (Å²) in [5, 5.41) is 4.44. The molecule has 1 fully saturated rings. The highest BCUT2D eigenvalue weighted by molar-refractivity contribution is 5.83. The van der Waals surface area contributed by atoms with Crippen molar-refractivity contribution in [3.05, 3.63) is 60.0 Å². The fourth-order valence-corrected chi connectivity index (χ4v) is 3.58. The molecule has 29 heavy (non-hydrogen) atoms. The Balaban J connectivity index is 1.30. The van der Waals surface area contributed by atoms with Crippen LogP contribution in [0.2, 0.25) is 0 Å². The maximum Gasteiger partial charge on any atom is 0.195 e. The Labute approximate surface area is 171 Å². The summed E-state index contributed by atoms with van der Waals surface area (Å²) in [5.74, 6) is 2.03. The molecule has 4 nitrogen and oxygen atoms in total. The molecule has 0 saturated heterocycles. The SMILES string of the molecule is CC(C)(Cc1c(F)[nH]c2ccccc12)NCCOc1ccccc1OCC1CC1. The van der Waals surface area contributed by atoms with E-state index in [4.69, 9.17) is 9.47 Å². The van der Waals surface area contributed by atoms with Gasteiger partial charge in [-0.25, -0.2) is 0 Å². The van der Waals surface area contributed by atoms with E-state index in [0.29, 0.717) is 25.5 Å². The predicted molar refractivity (Wildman–Crippen MR) is 114 cm³/mol. The monoisotopic (exact) mass is 396 g/mol. The van der Waals surface area contributed by atoms with E-state index in [2.05, 4.69) is 24.1 Å². The number of halogens is 1. The van der Waals surface area contributed by atoms with Crippen LogP contribution in [0, 0.1) is 11.9 Å². The summed E-state index contributed by atoms with van der Waals surface area (Å²) < 4.78 is 26.2. The minimum Gasteiger partial charge on any atom is -0.489 e. The van der Waals surface area contributed by atoms with Crippen molar-refractivity contribution in [3.8, 4) is 11.5 Å². The molecule has 0 aliphatic heterocycles. The Morgan fingerprint density at radius 1 is 1.03 bits per heavy atom. The van der Waals surface area contributed by atoms with Crippen molar-refractivity contribution in [1.29, 1.82) is 0 Å².